The number of amides is 2. The van der Waals surface area contributed by atoms with Crippen LogP contribution in [0.25, 0.3) is 0 Å². The van der Waals surface area contributed by atoms with E-state index in [1.165, 1.54) is 0 Å². The second kappa shape index (κ2) is 7.09. The van der Waals surface area contributed by atoms with Gasteiger partial charge in [-0.05, 0) is 29.8 Å². The number of esters is 1. The van der Waals surface area contributed by atoms with E-state index < -0.39 is 17.4 Å². The third-order valence-electron chi connectivity index (χ3n) is 4.72. The van der Waals surface area contributed by atoms with Gasteiger partial charge in [0.05, 0.1) is 12.1 Å². The maximum absolute atomic E-state index is 13.0. The average Bonchev–Trinajstić information content (AvgIpc) is 3.23. The molecule has 0 bridgehead atoms. The number of benzene rings is 2. The summed E-state index contributed by atoms with van der Waals surface area (Å²) in [5, 5.41) is 4.48. The van der Waals surface area contributed by atoms with Crippen molar-refractivity contribution in [2.75, 3.05) is 4.90 Å². The van der Waals surface area contributed by atoms with E-state index in [4.69, 9.17) is 16.3 Å². The van der Waals surface area contributed by atoms with Crippen LogP contribution < -0.4 is 10.3 Å². The predicted octanol–water partition coefficient (Wildman–Crippen LogP) is 2.43. The van der Waals surface area contributed by atoms with Crippen molar-refractivity contribution in [3.8, 4) is 0 Å². The van der Waals surface area contributed by atoms with Crippen molar-refractivity contribution < 1.29 is 19.1 Å². The zero-order chi connectivity index (χ0) is 19.7. The first-order valence-electron chi connectivity index (χ1n) is 8.66. The van der Waals surface area contributed by atoms with Gasteiger partial charge < -0.3 is 4.74 Å². The molecule has 1 saturated heterocycles. The maximum atomic E-state index is 13.0. The van der Waals surface area contributed by atoms with E-state index in [2.05, 4.69) is 10.5 Å². The molecule has 0 aliphatic carbocycles. The van der Waals surface area contributed by atoms with Gasteiger partial charge in [-0.2, -0.15) is 5.10 Å². The lowest BCUT2D eigenvalue weighted by atomic mass is 9.93. The summed E-state index contributed by atoms with van der Waals surface area (Å²) in [5.41, 5.74) is 2.82. The van der Waals surface area contributed by atoms with Crippen LogP contribution in [0.1, 0.15) is 18.4 Å². The molecule has 2 amide bonds. The Labute approximate surface area is 165 Å². The second-order valence-electron chi connectivity index (χ2n) is 6.68. The molecule has 4 rings (SSSR count). The minimum atomic E-state index is -1.25. The van der Waals surface area contributed by atoms with Crippen molar-refractivity contribution in [1.29, 1.82) is 0 Å². The van der Waals surface area contributed by atoms with Crippen LogP contribution in [-0.4, -0.2) is 29.0 Å². The Hall–Kier alpha value is -3.19. The number of ether oxygens (including phenoxy) is 1. The topological polar surface area (TPSA) is 88.1 Å². The molecule has 2 aliphatic heterocycles. The van der Waals surface area contributed by atoms with Crippen LogP contribution in [0.4, 0.5) is 5.69 Å². The number of hydrogen-bond donors (Lipinski definition) is 1. The first kappa shape index (κ1) is 18.2. The van der Waals surface area contributed by atoms with Crippen molar-refractivity contribution >= 4 is 40.8 Å². The smallest absolute Gasteiger partial charge is 0.354 e. The molecular weight excluding hydrogens is 382 g/mol. The highest BCUT2D eigenvalue weighted by molar-refractivity contribution is 6.39. The van der Waals surface area contributed by atoms with Crippen LogP contribution in [0.2, 0.25) is 5.02 Å². The molecule has 8 heteroatoms. The molecule has 2 aromatic rings. The van der Waals surface area contributed by atoms with E-state index in [1.807, 2.05) is 30.3 Å². The molecule has 1 atom stereocenters. The van der Waals surface area contributed by atoms with Gasteiger partial charge in [-0.15, -0.1) is 0 Å². The highest BCUT2D eigenvalue weighted by atomic mass is 35.5. The van der Waals surface area contributed by atoms with Crippen LogP contribution >= 0.6 is 11.6 Å². The van der Waals surface area contributed by atoms with Gasteiger partial charge in [-0.3, -0.25) is 15.0 Å². The van der Waals surface area contributed by atoms with E-state index in [-0.39, 0.29) is 31.1 Å². The molecular formula is C20H16ClN3O4. The molecule has 2 aromatic carbocycles. The Balaban J connectivity index is 1.44. The first-order chi connectivity index (χ1) is 13.5. The fraction of sp³-hybridized carbons (Fsp3) is 0.200. The Morgan fingerprint density at radius 2 is 1.82 bits per heavy atom. The zero-order valence-electron chi connectivity index (χ0n) is 14.7. The number of halogens is 1. The molecule has 7 nitrogen and oxygen atoms in total. The standard InChI is InChI=1S/C20H16ClN3O4/c21-14-6-8-15(9-7-14)24-17(25)11-20(19(24)27)10-16(22-23-20)18(26)28-12-13-4-2-1-3-5-13/h1-9,23H,10-12H2. The molecule has 1 unspecified atom stereocenters. The first-order valence-corrected chi connectivity index (χ1v) is 9.04. The molecule has 0 saturated carbocycles. The number of carbonyl (C=O) groups excluding carboxylic acids is 3. The molecule has 142 valence electrons. The summed E-state index contributed by atoms with van der Waals surface area (Å²) >= 11 is 5.87. The maximum Gasteiger partial charge on any atom is 0.354 e. The van der Waals surface area contributed by atoms with Gasteiger partial charge in [0, 0.05) is 11.4 Å². The lowest BCUT2D eigenvalue weighted by Gasteiger charge is -2.21. The Bertz CT molecular complexity index is 975. The van der Waals surface area contributed by atoms with Crippen LogP contribution in [0.3, 0.4) is 0 Å². The van der Waals surface area contributed by atoms with Gasteiger partial charge >= 0.3 is 5.97 Å². The van der Waals surface area contributed by atoms with Crippen LogP contribution in [0.15, 0.2) is 59.7 Å². The lowest BCUT2D eigenvalue weighted by Crippen LogP contribution is -2.47. The molecule has 1 fully saturated rings. The molecule has 2 heterocycles. The minimum absolute atomic E-state index is 0.00468. The number of hydrazone groups is 1. The Kier molecular flexibility index (Phi) is 4.60. The van der Waals surface area contributed by atoms with Crippen molar-refractivity contribution in [3.63, 3.8) is 0 Å². The van der Waals surface area contributed by atoms with Crippen molar-refractivity contribution in [2.24, 2.45) is 5.10 Å². The third-order valence-corrected chi connectivity index (χ3v) is 4.97. The second-order valence-corrected chi connectivity index (χ2v) is 7.11. The summed E-state index contributed by atoms with van der Waals surface area (Å²) in [4.78, 5) is 38.9. The number of anilines is 1. The third kappa shape index (κ3) is 3.25. The predicted molar refractivity (Wildman–Crippen MR) is 103 cm³/mol. The van der Waals surface area contributed by atoms with Gasteiger partial charge in [0.15, 0.2) is 0 Å². The van der Waals surface area contributed by atoms with Crippen LogP contribution in [0, 0.1) is 0 Å². The highest BCUT2D eigenvalue weighted by Gasteiger charge is 2.56. The van der Waals surface area contributed by atoms with E-state index in [0.717, 1.165) is 10.5 Å². The van der Waals surface area contributed by atoms with E-state index in [0.29, 0.717) is 10.7 Å². The number of nitrogens with zero attached hydrogens (tertiary/aromatic N) is 2. The summed E-state index contributed by atoms with van der Waals surface area (Å²) in [7, 11) is 0. The van der Waals surface area contributed by atoms with Gasteiger partial charge in [0.1, 0.15) is 17.9 Å². The monoisotopic (exact) mass is 397 g/mol. The lowest BCUT2D eigenvalue weighted by molar-refractivity contribution is -0.136. The van der Waals surface area contributed by atoms with Gasteiger partial charge in [0.2, 0.25) is 5.91 Å². The summed E-state index contributed by atoms with van der Waals surface area (Å²) < 4.78 is 5.27. The molecule has 2 aliphatic rings. The Morgan fingerprint density at radius 1 is 1.11 bits per heavy atom. The molecule has 0 aromatic heterocycles. The largest absolute Gasteiger partial charge is 0.456 e. The Morgan fingerprint density at radius 3 is 2.54 bits per heavy atom. The van der Waals surface area contributed by atoms with E-state index in [9.17, 15) is 14.4 Å². The van der Waals surface area contributed by atoms with Crippen molar-refractivity contribution in [3.05, 3.63) is 65.2 Å². The molecule has 1 N–H and O–H groups in total. The normalized spacial score (nSPS) is 21.0. The summed E-state index contributed by atoms with van der Waals surface area (Å²) in [6.45, 7) is 0.107. The fourth-order valence-corrected chi connectivity index (χ4v) is 3.41. The fourth-order valence-electron chi connectivity index (χ4n) is 3.28. The zero-order valence-corrected chi connectivity index (χ0v) is 15.5. The minimum Gasteiger partial charge on any atom is -0.456 e. The van der Waals surface area contributed by atoms with Crippen LogP contribution in [0.5, 0.6) is 0 Å². The van der Waals surface area contributed by atoms with Gasteiger partial charge in [0.25, 0.3) is 5.91 Å². The number of hydrogen-bond acceptors (Lipinski definition) is 6. The van der Waals surface area contributed by atoms with Crippen molar-refractivity contribution in [1.82, 2.24) is 5.43 Å². The number of imide groups is 1. The van der Waals surface area contributed by atoms with E-state index >= 15 is 0 Å². The SMILES string of the molecule is O=C(OCc1ccccc1)C1=NNC2(CC(=O)N(c3ccc(Cl)cc3)C2=O)C1. The summed E-state index contributed by atoms with van der Waals surface area (Å²) in [6, 6.07) is 15.7. The van der Waals surface area contributed by atoms with Crippen LogP contribution in [-0.2, 0) is 25.7 Å². The highest BCUT2D eigenvalue weighted by Crippen LogP contribution is 2.35. The number of rotatable bonds is 4. The quantitative estimate of drug-likeness (QED) is 0.632. The van der Waals surface area contributed by atoms with Gasteiger partial charge in [-0.1, -0.05) is 41.9 Å². The molecule has 1 spiro atoms. The van der Waals surface area contributed by atoms with Gasteiger partial charge in [-0.25, -0.2) is 9.69 Å². The summed E-state index contributed by atoms with van der Waals surface area (Å²) in [6.07, 6.45) is -0.0945. The summed E-state index contributed by atoms with van der Waals surface area (Å²) in [5.74, 6) is -1.43. The van der Waals surface area contributed by atoms with Crippen molar-refractivity contribution in [2.45, 2.75) is 25.0 Å². The molecule has 28 heavy (non-hydrogen) atoms. The number of nitrogens with one attached hydrogen (secondary N) is 1. The van der Waals surface area contributed by atoms with E-state index in [1.54, 1.807) is 24.3 Å². The average molecular weight is 398 g/mol. The molecule has 0 radical (unpaired) electrons. The number of carbonyl (C=O) groups is 3.